The topological polar surface area (TPSA) is 86.2 Å². The van der Waals surface area contributed by atoms with Gasteiger partial charge < -0.3 is 10.6 Å². The van der Waals surface area contributed by atoms with Gasteiger partial charge in [0.05, 0.1) is 23.9 Å². The molecular formula is C20H23N5O. The van der Waals surface area contributed by atoms with Gasteiger partial charge in [-0.1, -0.05) is 24.3 Å². The SMILES string of the molecule is N#CCc1ccc(-c2ncccc2N2CCN(CCC(N)=O)CC2)cc1. The first-order valence-corrected chi connectivity index (χ1v) is 8.84. The van der Waals surface area contributed by atoms with E-state index in [4.69, 9.17) is 11.0 Å². The quantitative estimate of drug-likeness (QED) is 0.859. The van der Waals surface area contributed by atoms with Crippen LogP contribution in [0.4, 0.5) is 5.69 Å². The van der Waals surface area contributed by atoms with E-state index in [0.717, 1.165) is 55.2 Å². The van der Waals surface area contributed by atoms with Crippen LogP contribution in [0.5, 0.6) is 0 Å². The van der Waals surface area contributed by atoms with Crippen LogP contribution >= 0.6 is 0 Å². The predicted molar refractivity (Wildman–Crippen MR) is 101 cm³/mol. The number of amides is 1. The van der Waals surface area contributed by atoms with E-state index in [1.165, 1.54) is 0 Å². The number of nitriles is 1. The number of rotatable bonds is 6. The van der Waals surface area contributed by atoms with Crippen LogP contribution in [0.25, 0.3) is 11.3 Å². The van der Waals surface area contributed by atoms with Crippen LogP contribution in [-0.4, -0.2) is 48.5 Å². The Kier molecular flexibility index (Phi) is 5.82. The third kappa shape index (κ3) is 4.38. The van der Waals surface area contributed by atoms with Gasteiger partial charge >= 0.3 is 0 Å². The van der Waals surface area contributed by atoms with Crippen molar-refractivity contribution < 1.29 is 4.79 Å². The highest BCUT2D eigenvalue weighted by Crippen LogP contribution is 2.29. The zero-order valence-corrected chi connectivity index (χ0v) is 14.8. The molecule has 0 aliphatic carbocycles. The molecule has 6 heteroatoms. The maximum Gasteiger partial charge on any atom is 0.218 e. The van der Waals surface area contributed by atoms with Gasteiger partial charge in [-0.25, -0.2) is 0 Å². The first-order valence-electron chi connectivity index (χ1n) is 8.84. The lowest BCUT2D eigenvalue weighted by Crippen LogP contribution is -2.47. The Morgan fingerprint density at radius 3 is 2.54 bits per heavy atom. The second-order valence-corrected chi connectivity index (χ2v) is 6.45. The number of piperazine rings is 1. The molecule has 1 aromatic carbocycles. The van der Waals surface area contributed by atoms with Crippen molar-refractivity contribution >= 4 is 11.6 Å². The molecule has 1 saturated heterocycles. The van der Waals surface area contributed by atoms with Gasteiger partial charge in [-0.2, -0.15) is 5.26 Å². The summed E-state index contributed by atoms with van der Waals surface area (Å²) in [4.78, 5) is 20.2. The van der Waals surface area contributed by atoms with Gasteiger partial charge in [-0.05, 0) is 17.7 Å². The first-order chi connectivity index (χ1) is 12.7. The summed E-state index contributed by atoms with van der Waals surface area (Å²) in [5.74, 6) is -0.248. The summed E-state index contributed by atoms with van der Waals surface area (Å²) in [7, 11) is 0. The summed E-state index contributed by atoms with van der Waals surface area (Å²) >= 11 is 0. The van der Waals surface area contributed by atoms with Crippen molar-refractivity contribution in [2.24, 2.45) is 5.73 Å². The Balaban J connectivity index is 1.72. The van der Waals surface area contributed by atoms with Crippen LogP contribution in [0.2, 0.25) is 0 Å². The molecule has 1 fully saturated rings. The highest BCUT2D eigenvalue weighted by molar-refractivity contribution is 5.75. The summed E-state index contributed by atoms with van der Waals surface area (Å²) in [6.07, 6.45) is 2.64. The Labute approximate surface area is 153 Å². The fourth-order valence-corrected chi connectivity index (χ4v) is 3.23. The molecule has 0 radical (unpaired) electrons. The average Bonchev–Trinajstić information content (AvgIpc) is 2.68. The summed E-state index contributed by atoms with van der Waals surface area (Å²) in [6, 6.07) is 14.3. The number of anilines is 1. The van der Waals surface area contributed by atoms with E-state index in [1.807, 2.05) is 36.5 Å². The van der Waals surface area contributed by atoms with Crippen molar-refractivity contribution in [3.05, 3.63) is 48.2 Å². The normalized spacial score (nSPS) is 14.8. The molecule has 1 amide bonds. The maximum absolute atomic E-state index is 11.0. The number of hydrogen-bond donors (Lipinski definition) is 1. The van der Waals surface area contributed by atoms with Crippen LogP contribution in [-0.2, 0) is 11.2 Å². The second kappa shape index (κ2) is 8.45. The minimum Gasteiger partial charge on any atom is -0.370 e. The van der Waals surface area contributed by atoms with Crippen molar-refractivity contribution in [1.82, 2.24) is 9.88 Å². The van der Waals surface area contributed by atoms with Crippen LogP contribution in [0.15, 0.2) is 42.6 Å². The minimum atomic E-state index is -0.248. The van der Waals surface area contributed by atoms with Crippen LogP contribution in [0, 0.1) is 11.3 Å². The van der Waals surface area contributed by atoms with Crippen molar-refractivity contribution in [1.29, 1.82) is 5.26 Å². The number of benzene rings is 1. The molecule has 1 aromatic heterocycles. The average molecular weight is 349 g/mol. The first kappa shape index (κ1) is 17.9. The van der Waals surface area contributed by atoms with Crippen molar-refractivity contribution in [2.75, 3.05) is 37.6 Å². The minimum absolute atomic E-state index is 0.248. The van der Waals surface area contributed by atoms with E-state index in [2.05, 4.69) is 26.9 Å². The Bertz CT molecular complexity index is 789. The fourth-order valence-electron chi connectivity index (χ4n) is 3.23. The lowest BCUT2D eigenvalue weighted by molar-refractivity contribution is -0.118. The van der Waals surface area contributed by atoms with Crippen LogP contribution < -0.4 is 10.6 Å². The summed E-state index contributed by atoms with van der Waals surface area (Å²) < 4.78 is 0. The highest BCUT2D eigenvalue weighted by atomic mass is 16.1. The second-order valence-electron chi connectivity index (χ2n) is 6.45. The Hall–Kier alpha value is -2.91. The molecule has 2 N–H and O–H groups in total. The molecule has 1 aliphatic rings. The lowest BCUT2D eigenvalue weighted by atomic mass is 10.0. The highest BCUT2D eigenvalue weighted by Gasteiger charge is 2.20. The predicted octanol–water partition coefficient (Wildman–Crippen LogP) is 1.81. The maximum atomic E-state index is 11.0. The molecule has 0 spiro atoms. The number of carbonyl (C=O) groups is 1. The van der Waals surface area contributed by atoms with E-state index in [-0.39, 0.29) is 5.91 Å². The summed E-state index contributed by atoms with van der Waals surface area (Å²) in [6.45, 7) is 4.32. The number of hydrogen-bond acceptors (Lipinski definition) is 5. The van der Waals surface area contributed by atoms with Gasteiger partial charge in [0.2, 0.25) is 5.91 Å². The van der Waals surface area contributed by atoms with E-state index in [1.54, 1.807) is 0 Å². The fraction of sp³-hybridized carbons (Fsp3) is 0.350. The standard InChI is InChI=1S/C20H23N5O/c21-9-7-16-3-5-17(6-4-16)20-18(2-1-10-23-20)25-14-12-24(13-15-25)11-8-19(22)26/h1-6,10H,7-8,11-15H2,(H2,22,26). The van der Waals surface area contributed by atoms with Crippen LogP contribution in [0.3, 0.4) is 0 Å². The Morgan fingerprint density at radius 2 is 1.88 bits per heavy atom. The summed E-state index contributed by atoms with van der Waals surface area (Å²) in [5, 5.41) is 8.81. The lowest BCUT2D eigenvalue weighted by Gasteiger charge is -2.36. The molecule has 2 heterocycles. The molecule has 1 aliphatic heterocycles. The molecule has 0 unspecified atom stereocenters. The number of nitrogens with two attached hydrogens (primary N) is 1. The molecular weight excluding hydrogens is 326 g/mol. The van der Waals surface area contributed by atoms with Crippen molar-refractivity contribution in [2.45, 2.75) is 12.8 Å². The third-order valence-electron chi connectivity index (χ3n) is 4.68. The van der Waals surface area contributed by atoms with Gasteiger partial charge in [0.25, 0.3) is 0 Å². The molecule has 0 atom stereocenters. The van der Waals surface area contributed by atoms with Gasteiger partial charge in [-0.15, -0.1) is 0 Å². The molecule has 2 aromatic rings. The van der Waals surface area contributed by atoms with Gasteiger partial charge in [0, 0.05) is 50.9 Å². The molecule has 6 nitrogen and oxygen atoms in total. The molecule has 3 rings (SSSR count). The monoisotopic (exact) mass is 349 g/mol. The van der Waals surface area contributed by atoms with Crippen LogP contribution in [0.1, 0.15) is 12.0 Å². The Morgan fingerprint density at radius 1 is 1.15 bits per heavy atom. The van der Waals surface area contributed by atoms with Gasteiger partial charge in [-0.3, -0.25) is 14.7 Å². The number of pyridine rings is 1. The third-order valence-corrected chi connectivity index (χ3v) is 4.68. The zero-order valence-electron chi connectivity index (χ0n) is 14.8. The smallest absolute Gasteiger partial charge is 0.218 e. The van der Waals surface area contributed by atoms with Crippen molar-refractivity contribution in [3.8, 4) is 17.3 Å². The number of carbonyl (C=O) groups excluding carboxylic acids is 1. The zero-order chi connectivity index (χ0) is 18.4. The van der Waals surface area contributed by atoms with E-state index < -0.39 is 0 Å². The molecule has 134 valence electrons. The van der Waals surface area contributed by atoms with Gasteiger partial charge in [0.15, 0.2) is 0 Å². The van der Waals surface area contributed by atoms with E-state index in [9.17, 15) is 4.79 Å². The van der Waals surface area contributed by atoms with Gasteiger partial charge in [0.1, 0.15) is 0 Å². The number of primary amides is 1. The molecule has 26 heavy (non-hydrogen) atoms. The number of aromatic nitrogens is 1. The van der Waals surface area contributed by atoms with E-state index in [0.29, 0.717) is 12.8 Å². The molecule has 0 bridgehead atoms. The molecule has 0 saturated carbocycles. The summed E-state index contributed by atoms with van der Waals surface area (Å²) in [5.41, 5.74) is 9.39. The van der Waals surface area contributed by atoms with E-state index >= 15 is 0 Å². The van der Waals surface area contributed by atoms with Crippen molar-refractivity contribution in [3.63, 3.8) is 0 Å². The largest absolute Gasteiger partial charge is 0.370 e. The number of nitrogens with zero attached hydrogens (tertiary/aromatic N) is 4.